The van der Waals surface area contributed by atoms with Crippen molar-refractivity contribution in [2.75, 3.05) is 6.54 Å². The predicted molar refractivity (Wildman–Crippen MR) is 66.0 cm³/mol. The Morgan fingerprint density at radius 3 is 2.78 bits per heavy atom. The molecule has 1 rings (SSSR count). The van der Waals surface area contributed by atoms with Crippen LogP contribution in [0.2, 0.25) is 0 Å². The van der Waals surface area contributed by atoms with Crippen LogP contribution in [0, 0.1) is 5.41 Å². The SMILES string of the molecule is CC(C)(CCC(=O)O)C(=O)NCCc1c[nH]cn1. The second-order valence-corrected chi connectivity index (χ2v) is 4.84. The quantitative estimate of drug-likeness (QED) is 0.674. The molecule has 6 nitrogen and oxygen atoms in total. The summed E-state index contributed by atoms with van der Waals surface area (Å²) < 4.78 is 0. The van der Waals surface area contributed by atoms with Crippen molar-refractivity contribution < 1.29 is 14.7 Å². The smallest absolute Gasteiger partial charge is 0.303 e. The largest absolute Gasteiger partial charge is 0.481 e. The average Bonchev–Trinajstić information content (AvgIpc) is 2.79. The van der Waals surface area contributed by atoms with Gasteiger partial charge >= 0.3 is 5.97 Å². The molecule has 0 spiro atoms. The van der Waals surface area contributed by atoms with Crippen LogP contribution in [-0.4, -0.2) is 33.5 Å². The van der Waals surface area contributed by atoms with Crippen molar-refractivity contribution >= 4 is 11.9 Å². The Hall–Kier alpha value is -1.85. The van der Waals surface area contributed by atoms with Gasteiger partial charge in [0.25, 0.3) is 0 Å². The Morgan fingerprint density at radius 2 is 2.22 bits per heavy atom. The van der Waals surface area contributed by atoms with Gasteiger partial charge in [0, 0.05) is 31.0 Å². The van der Waals surface area contributed by atoms with Crippen LogP contribution in [0.25, 0.3) is 0 Å². The van der Waals surface area contributed by atoms with Gasteiger partial charge in [-0.05, 0) is 6.42 Å². The van der Waals surface area contributed by atoms with Gasteiger partial charge in [-0.25, -0.2) is 4.98 Å². The minimum absolute atomic E-state index is 0.000212. The average molecular weight is 253 g/mol. The maximum Gasteiger partial charge on any atom is 0.303 e. The second-order valence-electron chi connectivity index (χ2n) is 4.84. The summed E-state index contributed by atoms with van der Waals surface area (Å²) in [6.45, 7) is 4.00. The highest BCUT2D eigenvalue weighted by atomic mass is 16.4. The van der Waals surface area contributed by atoms with Crippen molar-refractivity contribution in [3.05, 3.63) is 18.2 Å². The Labute approximate surface area is 106 Å². The van der Waals surface area contributed by atoms with E-state index in [-0.39, 0.29) is 12.3 Å². The number of nitrogens with zero attached hydrogens (tertiary/aromatic N) is 1. The third-order valence-electron chi connectivity index (χ3n) is 2.80. The molecule has 100 valence electrons. The molecular formula is C12H19N3O3. The van der Waals surface area contributed by atoms with Crippen LogP contribution < -0.4 is 5.32 Å². The number of H-pyrrole nitrogens is 1. The number of aromatic amines is 1. The van der Waals surface area contributed by atoms with Crippen molar-refractivity contribution in [1.82, 2.24) is 15.3 Å². The lowest BCUT2D eigenvalue weighted by Crippen LogP contribution is -2.38. The molecule has 0 saturated carbocycles. The van der Waals surface area contributed by atoms with Crippen molar-refractivity contribution in [3.8, 4) is 0 Å². The minimum atomic E-state index is -0.882. The molecule has 0 unspecified atom stereocenters. The van der Waals surface area contributed by atoms with Crippen LogP contribution in [0.5, 0.6) is 0 Å². The molecule has 0 aliphatic heterocycles. The van der Waals surface area contributed by atoms with E-state index < -0.39 is 11.4 Å². The van der Waals surface area contributed by atoms with E-state index in [1.54, 1.807) is 26.4 Å². The minimum Gasteiger partial charge on any atom is -0.481 e. The van der Waals surface area contributed by atoms with Crippen LogP contribution in [0.1, 0.15) is 32.4 Å². The first-order valence-electron chi connectivity index (χ1n) is 5.89. The number of amides is 1. The molecule has 1 aromatic heterocycles. The molecule has 1 heterocycles. The van der Waals surface area contributed by atoms with E-state index in [9.17, 15) is 9.59 Å². The summed E-state index contributed by atoms with van der Waals surface area (Å²) in [5, 5.41) is 11.4. The Balaban J connectivity index is 2.32. The molecule has 0 radical (unpaired) electrons. The molecule has 0 saturated heterocycles. The van der Waals surface area contributed by atoms with Crippen LogP contribution in [-0.2, 0) is 16.0 Å². The van der Waals surface area contributed by atoms with Gasteiger partial charge in [0.2, 0.25) is 5.91 Å². The normalized spacial score (nSPS) is 11.2. The number of carbonyl (C=O) groups excluding carboxylic acids is 1. The van der Waals surface area contributed by atoms with Gasteiger partial charge in [0.05, 0.1) is 12.0 Å². The zero-order chi connectivity index (χ0) is 13.6. The third kappa shape index (κ3) is 4.57. The summed E-state index contributed by atoms with van der Waals surface area (Å²) in [4.78, 5) is 29.3. The molecule has 0 bridgehead atoms. The van der Waals surface area contributed by atoms with Crippen molar-refractivity contribution in [2.45, 2.75) is 33.1 Å². The number of aliphatic carboxylic acids is 1. The number of carbonyl (C=O) groups is 2. The van der Waals surface area contributed by atoms with Gasteiger partial charge in [-0.15, -0.1) is 0 Å². The van der Waals surface area contributed by atoms with E-state index in [1.807, 2.05) is 0 Å². The zero-order valence-electron chi connectivity index (χ0n) is 10.7. The number of hydrogen-bond acceptors (Lipinski definition) is 3. The van der Waals surface area contributed by atoms with E-state index in [1.165, 1.54) is 0 Å². The lowest BCUT2D eigenvalue weighted by molar-refractivity contribution is -0.138. The van der Waals surface area contributed by atoms with Crippen LogP contribution in [0.15, 0.2) is 12.5 Å². The highest BCUT2D eigenvalue weighted by Crippen LogP contribution is 2.22. The van der Waals surface area contributed by atoms with E-state index in [2.05, 4.69) is 15.3 Å². The monoisotopic (exact) mass is 253 g/mol. The van der Waals surface area contributed by atoms with E-state index in [0.717, 1.165) is 5.69 Å². The molecule has 18 heavy (non-hydrogen) atoms. The molecule has 0 aliphatic rings. The number of carboxylic acid groups (broad SMARTS) is 1. The maximum absolute atomic E-state index is 11.9. The fourth-order valence-electron chi connectivity index (χ4n) is 1.50. The fraction of sp³-hybridized carbons (Fsp3) is 0.583. The number of carboxylic acids is 1. The van der Waals surface area contributed by atoms with Gasteiger partial charge in [0.1, 0.15) is 0 Å². The zero-order valence-corrected chi connectivity index (χ0v) is 10.7. The molecular weight excluding hydrogens is 234 g/mol. The molecule has 0 aromatic carbocycles. The highest BCUT2D eigenvalue weighted by Gasteiger charge is 2.27. The van der Waals surface area contributed by atoms with Gasteiger partial charge in [-0.2, -0.15) is 0 Å². The summed E-state index contributed by atoms with van der Waals surface area (Å²) in [6.07, 6.45) is 4.36. The van der Waals surface area contributed by atoms with Crippen molar-refractivity contribution in [1.29, 1.82) is 0 Å². The van der Waals surface area contributed by atoms with Gasteiger partial charge in [0.15, 0.2) is 0 Å². The van der Waals surface area contributed by atoms with Crippen molar-refractivity contribution in [2.24, 2.45) is 5.41 Å². The van der Waals surface area contributed by atoms with E-state index >= 15 is 0 Å². The first-order valence-corrected chi connectivity index (χ1v) is 5.89. The van der Waals surface area contributed by atoms with E-state index in [0.29, 0.717) is 19.4 Å². The molecule has 6 heteroatoms. The number of imidazole rings is 1. The number of hydrogen-bond donors (Lipinski definition) is 3. The number of nitrogens with one attached hydrogen (secondary N) is 2. The van der Waals surface area contributed by atoms with Crippen LogP contribution in [0.4, 0.5) is 0 Å². The fourth-order valence-corrected chi connectivity index (χ4v) is 1.50. The lowest BCUT2D eigenvalue weighted by atomic mass is 9.87. The highest BCUT2D eigenvalue weighted by molar-refractivity contribution is 5.82. The lowest BCUT2D eigenvalue weighted by Gasteiger charge is -2.22. The molecule has 0 aliphatic carbocycles. The summed E-state index contributed by atoms with van der Waals surface area (Å²) >= 11 is 0. The first kappa shape index (κ1) is 14.2. The number of aromatic nitrogens is 2. The maximum atomic E-state index is 11.9. The van der Waals surface area contributed by atoms with Gasteiger partial charge < -0.3 is 15.4 Å². The summed E-state index contributed by atoms with van der Waals surface area (Å²) in [6, 6.07) is 0. The Kier molecular flexibility index (Phi) is 4.88. The van der Waals surface area contributed by atoms with Crippen molar-refractivity contribution in [3.63, 3.8) is 0 Å². The first-order chi connectivity index (χ1) is 8.42. The second kappa shape index (κ2) is 6.18. The van der Waals surface area contributed by atoms with Crippen LogP contribution >= 0.6 is 0 Å². The molecule has 0 fully saturated rings. The summed E-state index contributed by atoms with van der Waals surface area (Å²) in [5.74, 6) is -1.01. The third-order valence-corrected chi connectivity index (χ3v) is 2.80. The Bertz CT molecular complexity index is 399. The Morgan fingerprint density at radius 1 is 1.50 bits per heavy atom. The molecule has 1 amide bonds. The number of rotatable bonds is 7. The molecule has 1 aromatic rings. The van der Waals surface area contributed by atoms with E-state index in [4.69, 9.17) is 5.11 Å². The summed E-state index contributed by atoms with van der Waals surface area (Å²) in [5.41, 5.74) is 0.225. The topological polar surface area (TPSA) is 95.1 Å². The standard InChI is InChI=1S/C12H19N3O3/c1-12(2,5-3-10(16)17)11(18)14-6-4-9-7-13-8-15-9/h7-8H,3-6H2,1-2H3,(H,13,15)(H,14,18)(H,16,17). The predicted octanol–water partition coefficient (Wildman–Crippen LogP) is 0.959. The summed E-state index contributed by atoms with van der Waals surface area (Å²) in [7, 11) is 0. The van der Waals surface area contributed by atoms with Crippen LogP contribution in [0.3, 0.4) is 0 Å². The molecule has 0 atom stereocenters. The van der Waals surface area contributed by atoms with Gasteiger partial charge in [-0.1, -0.05) is 13.8 Å². The molecule has 3 N–H and O–H groups in total. The van der Waals surface area contributed by atoms with Gasteiger partial charge in [-0.3, -0.25) is 9.59 Å².